The highest BCUT2D eigenvalue weighted by atomic mass is 16.5. The van der Waals surface area contributed by atoms with E-state index in [1.54, 1.807) is 0 Å². The molecule has 1 aliphatic heterocycles. The van der Waals surface area contributed by atoms with Crippen LogP contribution in [0.2, 0.25) is 0 Å². The number of aryl methyl sites for hydroxylation is 1. The third-order valence-corrected chi connectivity index (χ3v) is 5.03. The van der Waals surface area contributed by atoms with Gasteiger partial charge in [-0.2, -0.15) is 0 Å². The van der Waals surface area contributed by atoms with E-state index in [1.165, 1.54) is 12.8 Å². The van der Waals surface area contributed by atoms with E-state index < -0.39 is 0 Å². The zero-order chi connectivity index (χ0) is 18.1. The Kier molecular flexibility index (Phi) is 4.68. The van der Waals surface area contributed by atoms with Gasteiger partial charge in [-0.25, -0.2) is 4.98 Å². The number of nitrogens with zero attached hydrogens (tertiary/aromatic N) is 2. The molecule has 1 amide bonds. The number of nitrogens with one attached hydrogen (secondary N) is 1. The van der Waals surface area contributed by atoms with Crippen molar-refractivity contribution >= 4 is 17.3 Å². The molecule has 1 saturated heterocycles. The fraction of sp³-hybridized carbons (Fsp3) is 0.500. The number of amides is 1. The molecule has 26 heavy (non-hydrogen) atoms. The van der Waals surface area contributed by atoms with Crippen LogP contribution in [0.25, 0.3) is 0 Å². The number of hydrogen-bond acceptors (Lipinski definition) is 5. The van der Waals surface area contributed by atoms with Crippen molar-refractivity contribution in [3.8, 4) is 0 Å². The Hall–Kier alpha value is -2.34. The predicted molar refractivity (Wildman–Crippen MR) is 99.7 cm³/mol. The first-order valence-electron chi connectivity index (χ1n) is 9.32. The van der Waals surface area contributed by atoms with E-state index in [1.807, 2.05) is 31.2 Å². The van der Waals surface area contributed by atoms with E-state index in [-0.39, 0.29) is 5.91 Å². The van der Waals surface area contributed by atoms with Crippen LogP contribution in [0.15, 0.2) is 28.7 Å². The summed E-state index contributed by atoms with van der Waals surface area (Å²) in [6.07, 6.45) is 3.30. The van der Waals surface area contributed by atoms with Crippen molar-refractivity contribution in [3.63, 3.8) is 0 Å². The van der Waals surface area contributed by atoms with Gasteiger partial charge in [0.05, 0.1) is 18.9 Å². The summed E-state index contributed by atoms with van der Waals surface area (Å²) in [6.45, 7) is 6.34. The fourth-order valence-corrected chi connectivity index (χ4v) is 3.35. The highest BCUT2D eigenvalue weighted by Gasteiger charge is 2.26. The van der Waals surface area contributed by atoms with Crippen LogP contribution in [0, 0.1) is 12.8 Å². The van der Waals surface area contributed by atoms with Crippen molar-refractivity contribution in [2.24, 2.45) is 5.92 Å². The van der Waals surface area contributed by atoms with Gasteiger partial charge in [0.2, 0.25) is 5.76 Å². The summed E-state index contributed by atoms with van der Waals surface area (Å²) in [5.74, 6) is 1.42. The highest BCUT2D eigenvalue weighted by molar-refractivity contribution is 6.03. The Labute approximate surface area is 153 Å². The number of benzene rings is 1. The summed E-state index contributed by atoms with van der Waals surface area (Å²) < 4.78 is 11.2. The molecule has 2 heterocycles. The first kappa shape index (κ1) is 17.1. The summed E-state index contributed by atoms with van der Waals surface area (Å²) in [5.41, 5.74) is 2.54. The zero-order valence-electron chi connectivity index (χ0n) is 15.3. The third-order valence-electron chi connectivity index (χ3n) is 5.03. The molecule has 1 aromatic carbocycles. The number of morpholine rings is 1. The average Bonchev–Trinajstić information content (AvgIpc) is 3.36. The number of ether oxygens (including phenoxy) is 1. The Morgan fingerprint density at radius 3 is 2.77 bits per heavy atom. The normalized spacial score (nSPS) is 20.2. The molecule has 1 aliphatic carbocycles. The molecule has 2 aromatic rings. The van der Waals surface area contributed by atoms with Gasteiger partial charge in [-0.1, -0.05) is 0 Å². The summed E-state index contributed by atoms with van der Waals surface area (Å²) in [6, 6.07) is 8.26. The van der Waals surface area contributed by atoms with Crippen LogP contribution in [0.3, 0.4) is 0 Å². The predicted octanol–water partition coefficient (Wildman–Crippen LogP) is 3.41. The van der Waals surface area contributed by atoms with Crippen molar-refractivity contribution in [1.29, 1.82) is 0 Å². The van der Waals surface area contributed by atoms with Gasteiger partial charge in [-0.15, -0.1) is 0 Å². The Morgan fingerprint density at radius 2 is 2.08 bits per heavy atom. The van der Waals surface area contributed by atoms with Gasteiger partial charge in [0.1, 0.15) is 0 Å². The van der Waals surface area contributed by atoms with Crippen molar-refractivity contribution in [2.75, 3.05) is 30.0 Å². The van der Waals surface area contributed by atoms with Crippen molar-refractivity contribution in [2.45, 2.75) is 39.2 Å². The Balaban J connectivity index is 1.42. The summed E-state index contributed by atoms with van der Waals surface area (Å²) in [7, 11) is 0. The molecule has 6 nitrogen and oxygen atoms in total. The van der Waals surface area contributed by atoms with E-state index in [4.69, 9.17) is 9.15 Å². The molecule has 2 fully saturated rings. The number of anilines is 2. The molecule has 1 atom stereocenters. The average molecular weight is 355 g/mol. The van der Waals surface area contributed by atoms with E-state index >= 15 is 0 Å². The van der Waals surface area contributed by atoms with Crippen molar-refractivity contribution < 1.29 is 13.9 Å². The lowest BCUT2D eigenvalue weighted by Gasteiger charge is -2.35. The van der Waals surface area contributed by atoms with Gasteiger partial charge in [-0.3, -0.25) is 4.79 Å². The van der Waals surface area contributed by atoms with Crippen LogP contribution in [-0.2, 0) is 11.2 Å². The molecule has 138 valence electrons. The monoisotopic (exact) mass is 355 g/mol. The smallest absolute Gasteiger partial charge is 0.293 e. The minimum absolute atomic E-state index is 0.246. The van der Waals surface area contributed by atoms with Crippen molar-refractivity contribution in [1.82, 2.24) is 4.98 Å². The molecule has 4 rings (SSSR count). The number of oxazole rings is 1. The molecule has 0 spiro atoms. The first-order chi connectivity index (χ1) is 12.6. The van der Waals surface area contributed by atoms with Crippen LogP contribution < -0.4 is 10.2 Å². The minimum atomic E-state index is -0.246. The maximum absolute atomic E-state index is 12.5. The van der Waals surface area contributed by atoms with Gasteiger partial charge in [0, 0.05) is 30.4 Å². The lowest BCUT2D eigenvalue weighted by Crippen LogP contribution is -2.43. The second kappa shape index (κ2) is 7.11. The zero-order valence-corrected chi connectivity index (χ0v) is 15.3. The van der Waals surface area contributed by atoms with E-state index in [2.05, 4.69) is 22.1 Å². The standard InChI is InChI=1S/C20H25N3O3/c1-13-12-25-10-9-23(13)17-7-5-16(6-8-17)22-20(24)19-14(2)21-18(26-19)11-15-3-4-15/h5-8,13,15H,3-4,9-12H2,1-2H3,(H,22,24). The van der Waals surface area contributed by atoms with Crippen LogP contribution >= 0.6 is 0 Å². The number of rotatable bonds is 5. The van der Waals surface area contributed by atoms with Gasteiger partial charge < -0.3 is 19.4 Å². The van der Waals surface area contributed by atoms with Gasteiger partial charge in [0.25, 0.3) is 5.91 Å². The van der Waals surface area contributed by atoms with Crippen molar-refractivity contribution in [3.05, 3.63) is 41.6 Å². The highest BCUT2D eigenvalue weighted by Crippen LogP contribution is 2.32. The lowest BCUT2D eigenvalue weighted by atomic mass is 10.2. The summed E-state index contributed by atoms with van der Waals surface area (Å²) in [4.78, 5) is 19.2. The molecular formula is C20H25N3O3. The largest absolute Gasteiger partial charge is 0.435 e. The molecule has 6 heteroatoms. The van der Waals surface area contributed by atoms with Gasteiger partial charge in [-0.05, 0) is 56.9 Å². The van der Waals surface area contributed by atoms with Gasteiger partial charge >= 0.3 is 0 Å². The second-order valence-electron chi connectivity index (χ2n) is 7.29. The Bertz CT molecular complexity index is 780. The van der Waals surface area contributed by atoms with E-state index in [9.17, 15) is 4.79 Å². The number of carbonyl (C=O) groups is 1. The molecule has 0 radical (unpaired) electrons. The van der Waals surface area contributed by atoms with E-state index in [0.717, 1.165) is 37.6 Å². The topological polar surface area (TPSA) is 67.6 Å². The number of carbonyl (C=O) groups excluding carboxylic acids is 1. The maximum Gasteiger partial charge on any atom is 0.293 e. The third kappa shape index (κ3) is 3.75. The van der Waals surface area contributed by atoms with Crippen LogP contribution in [0.4, 0.5) is 11.4 Å². The second-order valence-corrected chi connectivity index (χ2v) is 7.29. The minimum Gasteiger partial charge on any atom is -0.435 e. The molecule has 0 bridgehead atoms. The van der Waals surface area contributed by atoms with Crippen LogP contribution in [0.1, 0.15) is 41.9 Å². The van der Waals surface area contributed by atoms with Crippen LogP contribution in [0.5, 0.6) is 0 Å². The molecule has 1 aromatic heterocycles. The quantitative estimate of drug-likeness (QED) is 0.890. The lowest BCUT2D eigenvalue weighted by molar-refractivity contribution is 0.0989. The molecular weight excluding hydrogens is 330 g/mol. The Morgan fingerprint density at radius 1 is 1.31 bits per heavy atom. The summed E-state index contributed by atoms with van der Waals surface area (Å²) in [5, 5.41) is 2.91. The molecule has 1 unspecified atom stereocenters. The van der Waals surface area contributed by atoms with Gasteiger partial charge in [0.15, 0.2) is 5.89 Å². The number of aromatic nitrogens is 1. The molecule has 1 saturated carbocycles. The molecule has 1 N–H and O–H groups in total. The summed E-state index contributed by atoms with van der Waals surface area (Å²) >= 11 is 0. The first-order valence-corrected chi connectivity index (χ1v) is 9.32. The fourth-order valence-electron chi connectivity index (χ4n) is 3.35. The number of hydrogen-bond donors (Lipinski definition) is 1. The van der Waals surface area contributed by atoms with Crippen LogP contribution in [-0.4, -0.2) is 36.7 Å². The molecule has 2 aliphatic rings. The maximum atomic E-state index is 12.5. The SMILES string of the molecule is Cc1nc(CC2CC2)oc1C(=O)Nc1ccc(N2CCOCC2C)cc1. The van der Waals surface area contributed by atoms with E-state index in [0.29, 0.717) is 29.3 Å².